The van der Waals surface area contributed by atoms with E-state index in [4.69, 9.17) is 0 Å². The summed E-state index contributed by atoms with van der Waals surface area (Å²) in [6.45, 7) is 1.57. The molecule has 0 unspecified atom stereocenters. The molecule has 0 amide bonds. The molecule has 0 spiro atoms. The minimum absolute atomic E-state index is 0.0235. The SMILES string of the molecule is CCS(=O)(=O)Nc1cccc(-c2nn(-c3cnn(C)c3)c(=O)c3ccccc23)c1. The average molecular weight is 409 g/mol. The molecular formula is C20H19N5O3S. The fraction of sp³-hybridized carbons (Fsp3) is 0.150. The van der Waals surface area contributed by atoms with E-state index in [1.165, 1.54) is 4.68 Å². The van der Waals surface area contributed by atoms with Gasteiger partial charge in [0.15, 0.2) is 0 Å². The predicted molar refractivity (Wildman–Crippen MR) is 113 cm³/mol. The summed E-state index contributed by atoms with van der Waals surface area (Å²) in [5.41, 5.74) is 2.00. The number of aryl methyl sites for hydroxylation is 1. The Hall–Kier alpha value is -3.46. The van der Waals surface area contributed by atoms with Gasteiger partial charge in [-0.05, 0) is 25.1 Å². The maximum absolute atomic E-state index is 13.0. The predicted octanol–water partition coefficient (Wildman–Crippen LogP) is 2.55. The molecule has 0 bridgehead atoms. The van der Waals surface area contributed by atoms with Crippen LogP contribution >= 0.6 is 0 Å². The molecule has 0 fully saturated rings. The van der Waals surface area contributed by atoms with Crippen LogP contribution in [0.1, 0.15) is 6.92 Å². The van der Waals surface area contributed by atoms with Crippen LogP contribution in [0.3, 0.4) is 0 Å². The number of hydrogen-bond donors (Lipinski definition) is 1. The highest BCUT2D eigenvalue weighted by Gasteiger charge is 2.15. The fourth-order valence-electron chi connectivity index (χ4n) is 3.08. The smallest absolute Gasteiger partial charge is 0.279 e. The van der Waals surface area contributed by atoms with Crippen molar-refractivity contribution in [3.8, 4) is 16.9 Å². The zero-order valence-electron chi connectivity index (χ0n) is 15.9. The van der Waals surface area contributed by atoms with Crippen molar-refractivity contribution in [2.45, 2.75) is 6.92 Å². The lowest BCUT2D eigenvalue weighted by Crippen LogP contribution is -2.22. The van der Waals surface area contributed by atoms with Crippen molar-refractivity contribution in [3.05, 3.63) is 71.3 Å². The van der Waals surface area contributed by atoms with Crippen LogP contribution < -0.4 is 10.3 Å². The molecule has 2 heterocycles. The number of benzene rings is 2. The van der Waals surface area contributed by atoms with E-state index in [0.29, 0.717) is 33.4 Å². The van der Waals surface area contributed by atoms with Crippen molar-refractivity contribution in [2.24, 2.45) is 7.05 Å². The van der Waals surface area contributed by atoms with Gasteiger partial charge in [-0.15, -0.1) is 0 Å². The van der Waals surface area contributed by atoms with E-state index >= 15 is 0 Å². The van der Waals surface area contributed by atoms with Crippen LogP contribution in [-0.2, 0) is 17.1 Å². The van der Waals surface area contributed by atoms with E-state index in [1.807, 2.05) is 18.2 Å². The summed E-state index contributed by atoms with van der Waals surface area (Å²) in [6, 6.07) is 14.2. The molecule has 0 aliphatic carbocycles. The first-order valence-electron chi connectivity index (χ1n) is 9.00. The molecule has 4 rings (SSSR count). The van der Waals surface area contributed by atoms with Crippen LogP contribution in [0.5, 0.6) is 0 Å². The molecule has 2 aromatic carbocycles. The number of sulfonamides is 1. The van der Waals surface area contributed by atoms with Crippen LogP contribution in [-0.4, -0.2) is 33.7 Å². The van der Waals surface area contributed by atoms with Crippen LogP contribution in [0, 0.1) is 0 Å². The van der Waals surface area contributed by atoms with Gasteiger partial charge in [-0.3, -0.25) is 14.2 Å². The molecule has 0 radical (unpaired) electrons. The number of nitrogens with one attached hydrogen (secondary N) is 1. The molecule has 9 heteroatoms. The summed E-state index contributed by atoms with van der Waals surface area (Å²) >= 11 is 0. The fourth-order valence-corrected chi connectivity index (χ4v) is 3.71. The van der Waals surface area contributed by atoms with Crippen molar-refractivity contribution in [1.29, 1.82) is 0 Å². The van der Waals surface area contributed by atoms with Gasteiger partial charge in [-0.25, -0.2) is 8.42 Å². The topological polar surface area (TPSA) is 98.9 Å². The minimum Gasteiger partial charge on any atom is -0.284 e. The number of aromatic nitrogens is 4. The molecule has 4 aromatic rings. The Bertz CT molecular complexity index is 1370. The summed E-state index contributed by atoms with van der Waals surface area (Å²) < 4.78 is 29.3. The van der Waals surface area contributed by atoms with Gasteiger partial charge in [0.1, 0.15) is 5.69 Å². The van der Waals surface area contributed by atoms with E-state index < -0.39 is 10.0 Å². The molecular weight excluding hydrogens is 390 g/mol. The van der Waals surface area contributed by atoms with Crippen molar-refractivity contribution in [2.75, 3.05) is 10.5 Å². The summed E-state index contributed by atoms with van der Waals surface area (Å²) in [5, 5.41) is 9.91. The first-order valence-corrected chi connectivity index (χ1v) is 10.7. The first kappa shape index (κ1) is 18.9. The quantitative estimate of drug-likeness (QED) is 0.546. The zero-order chi connectivity index (χ0) is 20.6. The van der Waals surface area contributed by atoms with Crippen molar-refractivity contribution < 1.29 is 8.42 Å². The highest BCUT2D eigenvalue weighted by atomic mass is 32.2. The lowest BCUT2D eigenvalue weighted by molar-refractivity contribution is 0.602. The van der Waals surface area contributed by atoms with Crippen molar-refractivity contribution >= 4 is 26.5 Å². The zero-order valence-corrected chi connectivity index (χ0v) is 16.7. The van der Waals surface area contributed by atoms with Gasteiger partial charge in [0.25, 0.3) is 5.56 Å². The Morgan fingerprint density at radius 2 is 1.83 bits per heavy atom. The second-order valence-electron chi connectivity index (χ2n) is 6.57. The van der Waals surface area contributed by atoms with Gasteiger partial charge in [-0.2, -0.15) is 14.9 Å². The Morgan fingerprint density at radius 1 is 1.07 bits per heavy atom. The third kappa shape index (κ3) is 3.64. The summed E-state index contributed by atoms with van der Waals surface area (Å²) in [6.07, 6.45) is 3.28. The van der Waals surface area contributed by atoms with Gasteiger partial charge >= 0.3 is 0 Å². The first-order chi connectivity index (χ1) is 13.9. The lowest BCUT2D eigenvalue weighted by Gasteiger charge is -2.12. The largest absolute Gasteiger partial charge is 0.284 e. The molecule has 8 nitrogen and oxygen atoms in total. The van der Waals surface area contributed by atoms with E-state index in [-0.39, 0.29) is 11.3 Å². The molecule has 2 aromatic heterocycles. The van der Waals surface area contributed by atoms with E-state index in [2.05, 4.69) is 14.9 Å². The Labute approximate surface area is 167 Å². The van der Waals surface area contributed by atoms with Crippen LogP contribution in [0.15, 0.2) is 65.7 Å². The summed E-state index contributed by atoms with van der Waals surface area (Å²) in [4.78, 5) is 13.0. The average Bonchev–Trinajstić information content (AvgIpc) is 3.14. The minimum atomic E-state index is -3.41. The Kier molecular flexibility index (Phi) is 4.67. The Balaban J connectivity index is 1.95. The second-order valence-corrected chi connectivity index (χ2v) is 8.58. The van der Waals surface area contributed by atoms with Gasteiger partial charge < -0.3 is 0 Å². The molecule has 0 aliphatic rings. The highest BCUT2D eigenvalue weighted by Crippen LogP contribution is 2.27. The van der Waals surface area contributed by atoms with E-state index in [0.717, 1.165) is 0 Å². The van der Waals surface area contributed by atoms with Gasteiger partial charge in [-0.1, -0.05) is 30.3 Å². The number of hydrogen-bond acceptors (Lipinski definition) is 5. The third-order valence-electron chi connectivity index (χ3n) is 4.53. The van der Waals surface area contributed by atoms with Gasteiger partial charge in [0.2, 0.25) is 10.0 Å². The van der Waals surface area contributed by atoms with Crippen LogP contribution in [0.25, 0.3) is 27.7 Å². The lowest BCUT2D eigenvalue weighted by atomic mass is 10.0. The number of anilines is 1. The monoisotopic (exact) mass is 409 g/mol. The molecule has 0 saturated heterocycles. The van der Waals surface area contributed by atoms with Gasteiger partial charge in [0.05, 0.1) is 29.2 Å². The molecule has 29 heavy (non-hydrogen) atoms. The Morgan fingerprint density at radius 3 is 2.52 bits per heavy atom. The summed E-state index contributed by atoms with van der Waals surface area (Å²) in [7, 11) is -1.64. The summed E-state index contributed by atoms with van der Waals surface area (Å²) in [5.74, 6) is -0.0235. The maximum atomic E-state index is 13.0. The van der Waals surface area contributed by atoms with Crippen molar-refractivity contribution in [1.82, 2.24) is 19.6 Å². The van der Waals surface area contributed by atoms with E-state index in [9.17, 15) is 13.2 Å². The normalized spacial score (nSPS) is 11.7. The maximum Gasteiger partial charge on any atom is 0.279 e. The molecule has 0 saturated carbocycles. The number of nitrogens with zero attached hydrogens (tertiary/aromatic N) is 4. The number of rotatable bonds is 5. The van der Waals surface area contributed by atoms with Crippen LogP contribution in [0.2, 0.25) is 0 Å². The van der Waals surface area contributed by atoms with Crippen molar-refractivity contribution in [3.63, 3.8) is 0 Å². The van der Waals surface area contributed by atoms with Gasteiger partial charge in [0, 0.05) is 23.7 Å². The van der Waals surface area contributed by atoms with Crippen LogP contribution in [0.4, 0.5) is 5.69 Å². The molecule has 0 aliphatic heterocycles. The third-order valence-corrected chi connectivity index (χ3v) is 5.84. The molecule has 1 N–H and O–H groups in total. The second kappa shape index (κ2) is 7.17. The highest BCUT2D eigenvalue weighted by molar-refractivity contribution is 7.92. The molecule has 0 atom stereocenters. The molecule has 148 valence electrons. The number of fused-ring (bicyclic) bond motifs is 1. The van der Waals surface area contributed by atoms with E-state index in [1.54, 1.807) is 61.4 Å². The standard InChI is InChI=1S/C20H19N5O3S/c1-3-29(27,28)23-15-8-6-7-14(11-15)19-17-9-4-5-10-18(17)20(26)25(22-19)16-12-21-24(2)13-16/h4-13,23H,3H2,1-2H3.